The number of amides is 4. The SMILES string of the molecule is COc1cc(NC(=O)NCCNC(=O)c2ccc(NC(C)=O)cc2)cc(OC)c1. The van der Waals surface area contributed by atoms with E-state index in [2.05, 4.69) is 21.3 Å². The molecule has 0 aliphatic carbocycles. The average Bonchev–Trinajstić information content (AvgIpc) is 2.70. The highest BCUT2D eigenvalue weighted by molar-refractivity contribution is 5.95. The van der Waals surface area contributed by atoms with Crippen molar-refractivity contribution in [3.63, 3.8) is 0 Å². The molecule has 0 heterocycles. The number of methoxy groups -OCH3 is 2. The maximum Gasteiger partial charge on any atom is 0.319 e. The third-order valence-electron chi connectivity index (χ3n) is 3.77. The van der Waals surface area contributed by atoms with E-state index >= 15 is 0 Å². The van der Waals surface area contributed by atoms with Crippen LogP contribution in [0.15, 0.2) is 42.5 Å². The first-order valence-electron chi connectivity index (χ1n) is 8.85. The maximum atomic E-state index is 12.1. The molecular weight excluding hydrogens is 376 g/mol. The summed E-state index contributed by atoms with van der Waals surface area (Å²) >= 11 is 0. The number of nitrogens with one attached hydrogen (secondary N) is 4. The summed E-state index contributed by atoms with van der Waals surface area (Å²) in [4.78, 5) is 35.1. The molecule has 9 nitrogen and oxygen atoms in total. The van der Waals surface area contributed by atoms with Gasteiger partial charge < -0.3 is 30.7 Å². The molecule has 0 bridgehead atoms. The largest absolute Gasteiger partial charge is 0.497 e. The van der Waals surface area contributed by atoms with Crippen molar-refractivity contribution in [2.45, 2.75) is 6.92 Å². The zero-order valence-electron chi connectivity index (χ0n) is 16.5. The molecule has 0 aliphatic heterocycles. The molecule has 154 valence electrons. The van der Waals surface area contributed by atoms with E-state index in [-0.39, 0.29) is 24.9 Å². The van der Waals surface area contributed by atoms with Gasteiger partial charge in [0.05, 0.1) is 14.2 Å². The minimum absolute atomic E-state index is 0.182. The summed E-state index contributed by atoms with van der Waals surface area (Å²) in [5.41, 5.74) is 1.58. The molecule has 2 aromatic carbocycles. The fourth-order valence-electron chi connectivity index (χ4n) is 2.42. The number of urea groups is 1. The van der Waals surface area contributed by atoms with Crippen molar-refractivity contribution in [3.05, 3.63) is 48.0 Å². The zero-order valence-corrected chi connectivity index (χ0v) is 16.5. The van der Waals surface area contributed by atoms with Gasteiger partial charge in [-0.2, -0.15) is 0 Å². The van der Waals surface area contributed by atoms with Crippen LogP contribution >= 0.6 is 0 Å². The third-order valence-corrected chi connectivity index (χ3v) is 3.77. The van der Waals surface area contributed by atoms with Gasteiger partial charge in [0, 0.05) is 55.2 Å². The summed E-state index contributed by atoms with van der Waals surface area (Å²) in [6, 6.07) is 11.1. The van der Waals surface area contributed by atoms with Gasteiger partial charge in [0.2, 0.25) is 5.91 Å². The summed E-state index contributed by atoms with van der Waals surface area (Å²) in [5.74, 6) is 0.644. The molecule has 2 aromatic rings. The molecule has 0 radical (unpaired) electrons. The molecule has 0 spiro atoms. The monoisotopic (exact) mass is 400 g/mol. The van der Waals surface area contributed by atoms with Crippen molar-refractivity contribution in [1.29, 1.82) is 0 Å². The maximum absolute atomic E-state index is 12.1. The fourth-order valence-corrected chi connectivity index (χ4v) is 2.42. The Labute approximate surface area is 168 Å². The van der Waals surface area contributed by atoms with E-state index in [4.69, 9.17) is 9.47 Å². The van der Waals surface area contributed by atoms with Crippen LogP contribution < -0.4 is 30.7 Å². The van der Waals surface area contributed by atoms with Crippen LogP contribution in [0.5, 0.6) is 11.5 Å². The Balaban J connectivity index is 1.76. The predicted octanol–water partition coefficient (Wildman–Crippen LogP) is 2.21. The molecule has 4 N–H and O–H groups in total. The van der Waals surface area contributed by atoms with Gasteiger partial charge >= 0.3 is 6.03 Å². The van der Waals surface area contributed by atoms with E-state index in [1.54, 1.807) is 42.5 Å². The van der Waals surface area contributed by atoms with Gasteiger partial charge in [-0.05, 0) is 24.3 Å². The van der Waals surface area contributed by atoms with Crippen LogP contribution in [0.2, 0.25) is 0 Å². The topological polar surface area (TPSA) is 118 Å². The number of rotatable bonds is 8. The number of ether oxygens (including phenoxy) is 2. The molecule has 0 atom stereocenters. The fraction of sp³-hybridized carbons (Fsp3) is 0.250. The molecule has 0 fully saturated rings. The lowest BCUT2D eigenvalue weighted by atomic mass is 10.2. The molecule has 0 aliphatic rings. The summed E-state index contributed by atoms with van der Waals surface area (Å²) in [6.07, 6.45) is 0. The molecule has 0 saturated heterocycles. The molecule has 0 unspecified atom stereocenters. The first-order chi connectivity index (χ1) is 13.9. The van der Waals surface area contributed by atoms with Crippen LogP contribution in [0, 0.1) is 0 Å². The molecule has 9 heteroatoms. The summed E-state index contributed by atoms with van der Waals surface area (Å²) in [6.45, 7) is 1.90. The molecule has 0 saturated carbocycles. The lowest BCUT2D eigenvalue weighted by Crippen LogP contribution is -2.36. The van der Waals surface area contributed by atoms with Crippen molar-refractivity contribution in [3.8, 4) is 11.5 Å². The van der Waals surface area contributed by atoms with Gasteiger partial charge in [-0.15, -0.1) is 0 Å². The molecule has 4 amide bonds. The van der Waals surface area contributed by atoms with Gasteiger partial charge in [-0.25, -0.2) is 4.79 Å². The smallest absolute Gasteiger partial charge is 0.319 e. The van der Waals surface area contributed by atoms with E-state index in [9.17, 15) is 14.4 Å². The van der Waals surface area contributed by atoms with E-state index in [0.717, 1.165) is 0 Å². The van der Waals surface area contributed by atoms with E-state index < -0.39 is 6.03 Å². The quantitative estimate of drug-likeness (QED) is 0.507. The number of hydrogen-bond donors (Lipinski definition) is 4. The minimum Gasteiger partial charge on any atom is -0.497 e. The van der Waals surface area contributed by atoms with Gasteiger partial charge in [-0.3, -0.25) is 9.59 Å². The highest BCUT2D eigenvalue weighted by atomic mass is 16.5. The number of benzene rings is 2. The Morgan fingerprint density at radius 1 is 0.793 bits per heavy atom. The van der Waals surface area contributed by atoms with Crippen molar-refractivity contribution < 1.29 is 23.9 Å². The van der Waals surface area contributed by atoms with Crippen LogP contribution in [0.4, 0.5) is 16.2 Å². The second kappa shape index (κ2) is 10.5. The van der Waals surface area contributed by atoms with E-state index in [1.165, 1.54) is 21.1 Å². The number of carbonyl (C=O) groups excluding carboxylic acids is 3. The van der Waals surface area contributed by atoms with Crippen molar-refractivity contribution >= 4 is 29.2 Å². The average molecular weight is 400 g/mol. The van der Waals surface area contributed by atoms with Gasteiger partial charge in [0.15, 0.2) is 0 Å². The number of hydrogen-bond acceptors (Lipinski definition) is 5. The van der Waals surface area contributed by atoms with E-state index in [1.807, 2.05) is 0 Å². The van der Waals surface area contributed by atoms with Gasteiger partial charge in [0.1, 0.15) is 11.5 Å². The predicted molar refractivity (Wildman–Crippen MR) is 110 cm³/mol. The molecular formula is C20H24N4O5. The van der Waals surface area contributed by atoms with Crippen LogP contribution in [0.3, 0.4) is 0 Å². The lowest BCUT2D eigenvalue weighted by Gasteiger charge is -2.11. The highest BCUT2D eigenvalue weighted by Crippen LogP contribution is 2.25. The van der Waals surface area contributed by atoms with Crippen LogP contribution in [0.1, 0.15) is 17.3 Å². The number of carbonyl (C=O) groups is 3. The molecule has 2 rings (SSSR count). The summed E-state index contributed by atoms with van der Waals surface area (Å²) in [7, 11) is 3.05. The Morgan fingerprint density at radius 2 is 1.38 bits per heavy atom. The zero-order chi connectivity index (χ0) is 21.2. The second-order valence-corrected chi connectivity index (χ2v) is 6.00. The Bertz CT molecular complexity index is 845. The Kier molecular flexibility index (Phi) is 7.84. The lowest BCUT2D eigenvalue weighted by molar-refractivity contribution is -0.114. The standard InChI is InChI=1S/C20H24N4O5/c1-13(25)23-15-6-4-14(5-7-15)19(26)21-8-9-22-20(27)24-16-10-17(28-2)12-18(11-16)29-3/h4-7,10-12H,8-9H2,1-3H3,(H,21,26)(H,23,25)(H2,22,24,27). The highest BCUT2D eigenvalue weighted by Gasteiger charge is 2.07. The third kappa shape index (κ3) is 7.06. The first kappa shape index (κ1) is 21.5. The van der Waals surface area contributed by atoms with Crippen LogP contribution in [-0.4, -0.2) is 45.2 Å². The number of anilines is 2. The molecule has 0 aromatic heterocycles. The van der Waals surface area contributed by atoms with Crippen molar-refractivity contribution in [1.82, 2.24) is 10.6 Å². The summed E-state index contributed by atoms with van der Waals surface area (Å²) in [5, 5.41) is 10.7. The van der Waals surface area contributed by atoms with E-state index in [0.29, 0.717) is 28.4 Å². The van der Waals surface area contributed by atoms with Crippen molar-refractivity contribution in [2.75, 3.05) is 37.9 Å². The van der Waals surface area contributed by atoms with Crippen molar-refractivity contribution in [2.24, 2.45) is 0 Å². The normalized spacial score (nSPS) is 9.90. The van der Waals surface area contributed by atoms with Crippen LogP contribution in [-0.2, 0) is 4.79 Å². The Morgan fingerprint density at radius 3 is 1.93 bits per heavy atom. The summed E-state index contributed by atoms with van der Waals surface area (Å²) < 4.78 is 10.3. The first-order valence-corrected chi connectivity index (χ1v) is 8.85. The molecule has 29 heavy (non-hydrogen) atoms. The van der Waals surface area contributed by atoms with Gasteiger partial charge in [0.25, 0.3) is 5.91 Å². The van der Waals surface area contributed by atoms with Crippen LogP contribution in [0.25, 0.3) is 0 Å². The Hall–Kier alpha value is -3.75. The minimum atomic E-state index is -0.422. The second-order valence-electron chi connectivity index (χ2n) is 6.00. The van der Waals surface area contributed by atoms with Gasteiger partial charge in [-0.1, -0.05) is 0 Å².